The Hall–Kier alpha value is -0.870. The molecule has 1 aliphatic rings. The highest BCUT2D eigenvalue weighted by molar-refractivity contribution is 9.10. The van der Waals surface area contributed by atoms with E-state index in [0.29, 0.717) is 0 Å². The Bertz CT molecular complexity index is 484. The first kappa shape index (κ1) is 15.5. The minimum Gasteiger partial charge on any atom is -0.326 e. The van der Waals surface area contributed by atoms with Crippen molar-refractivity contribution in [3.63, 3.8) is 0 Å². The van der Waals surface area contributed by atoms with Crippen LogP contribution in [0.2, 0.25) is 0 Å². The van der Waals surface area contributed by atoms with Crippen molar-refractivity contribution >= 4 is 27.5 Å². The molecule has 2 N–H and O–H groups in total. The van der Waals surface area contributed by atoms with Gasteiger partial charge in [0.2, 0.25) is 5.91 Å². The summed E-state index contributed by atoms with van der Waals surface area (Å²) in [6.07, 6.45) is 2.74. The minimum atomic E-state index is -0.208. The summed E-state index contributed by atoms with van der Waals surface area (Å²) in [4.78, 5) is 12.7. The van der Waals surface area contributed by atoms with E-state index in [1.807, 2.05) is 26.0 Å². The molecule has 3 nitrogen and oxygen atoms in total. The summed E-state index contributed by atoms with van der Waals surface area (Å²) in [6.45, 7) is 8.07. The second kappa shape index (κ2) is 6.27. The zero-order valence-corrected chi connectivity index (χ0v) is 14.1. The van der Waals surface area contributed by atoms with Crippen molar-refractivity contribution in [3.8, 4) is 0 Å². The molecule has 1 aromatic carbocycles. The summed E-state index contributed by atoms with van der Waals surface area (Å²) in [7, 11) is 0. The molecule has 1 aliphatic heterocycles. The lowest BCUT2D eigenvalue weighted by atomic mass is 9.76. The summed E-state index contributed by atoms with van der Waals surface area (Å²) in [5.74, 6) is 0.169. The third-order valence-corrected chi connectivity index (χ3v) is 5.66. The van der Waals surface area contributed by atoms with Gasteiger partial charge in [-0.3, -0.25) is 4.79 Å². The molecular weight excluding hydrogens is 316 g/mol. The number of carbonyl (C=O) groups is 1. The second-order valence-electron chi connectivity index (χ2n) is 5.76. The standard InChI is InChI=1S/C16H23BrN2O/c1-4-16(5-7-18-8-6-16)15(20)19-13-9-11(2)14(17)12(3)10-13/h9-10,18H,4-8H2,1-3H3,(H,19,20). The van der Waals surface area contributed by atoms with Gasteiger partial charge in [0.15, 0.2) is 0 Å². The van der Waals surface area contributed by atoms with Gasteiger partial charge in [-0.25, -0.2) is 0 Å². The van der Waals surface area contributed by atoms with Crippen LogP contribution in [-0.4, -0.2) is 19.0 Å². The lowest BCUT2D eigenvalue weighted by Gasteiger charge is -2.35. The summed E-state index contributed by atoms with van der Waals surface area (Å²) in [6, 6.07) is 4.05. The first-order valence-corrected chi connectivity index (χ1v) is 8.07. The van der Waals surface area contributed by atoms with Crippen molar-refractivity contribution < 1.29 is 4.79 Å². The van der Waals surface area contributed by atoms with E-state index in [1.54, 1.807) is 0 Å². The molecule has 0 aromatic heterocycles. The SMILES string of the molecule is CCC1(C(=O)Nc2cc(C)c(Br)c(C)c2)CCNCC1. The van der Waals surface area contributed by atoms with Gasteiger partial charge >= 0.3 is 0 Å². The summed E-state index contributed by atoms with van der Waals surface area (Å²) in [5.41, 5.74) is 2.99. The van der Waals surface area contributed by atoms with E-state index in [-0.39, 0.29) is 11.3 Å². The molecule has 1 aromatic rings. The van der Waals surface area contributed by atoms with Crippen LogP contribution in [0, 0.1) is 19.3 Å². The molecule has 0 aliphatic carbocycles. The Balaban J connectivity index is 2.18. The van der Waals surface area contributed by atoms with Crippen LogP contribution < -0.4 is 10.6 Å². The van der Waals surface area contributed by atoms with E-state index in [0.717, 1.165) is 53.6 Å². The highest BCUT2D eigenvalue weighted by Crippen LogP contribution is 2.34. The maximum absolute atomic E-state index is 12.7. The molecule has 0 atom stereocenters. The fourth-order valence-corrected chi connectivity index (χ4v) is 3.16. The Labute approximate surface area is 129 Å². The van der Waals surface area contributed by atoms with Crippen LogP contribution in [-0.2, 0) is 4.79 Å². The van der Waals surface area contributed by atoms with Gasteiger partial charge in [-0.1, -0.05) is 22.9 Å². The molecule has 20 heavy (non-hydrogen) atoms. The number of carbonyl (C=O) groups excluding carboxylic acids is 1. The van der Waals surface area contributed by atoms with Gasteiger partial charge in [-0.05, 0) is 69.5 Å². The second-order valence-corrected chi connectivity index (χ2v) is 6.56. The molecule has 1 fully saturated rings. The lowest BCUT2D eigenvalue weighted by molar-refractivity contribution is -0.127. The van der Waals surface area contributed by atoms with Crippen molar-refractivity contribution in [3.05, 3.63) is 27.7 Å². The minimum absolute atomic E-state index is 0.169. The third kappa shape index (κ3) is 3.07. The molecule has 1 heterocycles. The van der Waals surface area contributed by atoms with Crippen LogP contribution >= 0.6 is 15.9 Å². The monoisotopic (exact) mass is 338 g/mol. The van der Waals surface area contributed by atoms with Crippen LogP contribution in [0.15, 0.2) is 16.6 Å². The number of piperidine rings is 1. The highest BCUT2D eigenvalue weighted by atomic mass is 79.9. The number of amides is 1. The van der Waals surface area contributed by atoms with Crippen LogP contribution in [0.25, 0.3) is 0 Å². The van der Waals surface area contributed by atoms with Crippen molar-refractivity contribution in [2.75, 3.05) is 18.4 Å². The molecular formula is C16H23BrN2O. The van der Waals surface area contributed by atoms with Crippen LogP contribution in [0.4, 0.5) is 5.69 Å². The van der Waals surface area contributed by atoms with E-state index in [1.165, 1.54) is 0 Å². The fraction of sp³-hybridized carbons (Fsp3) is 0.562. The molecule has 0 spiro atoms. The molecule has 0 unspecified atom stereocenters. The fourth-order valence-electron chi connectivity index (χ4n) is 2.93. The third-order valence-electron chi connectivity index (χ3n) is 4.41. The zero-order chi connectivity index (χ0) is 14.8. The normalized spacial score (nSPS) is 17.8. The van der Waals surface area contributed by atoms with E-state index < -0.39 is 0 Å². The number of anilines is 1. The first-order valence-electron chi connectivity index (χ1n) is 7.27. The number of aryl methyl sites for hydroxylation is 2. The Kier molecular flexibility index (Phi) is 4.86. The van der Waals surface area contributed by atoms with Crippen LogP contribution in [0.3, 0.4) is 0 Å². The van der Waals surface area contributed by atoms with E-state index in [2.05, 4.69) is 33.5 Å². The van der Waals surface area contributed by atoms with Crippen molar-refractivity contribution in [2.24, 2.45) is 5.41 Å². The van der Waals surface area contributed by atoms with Crippen LogP contribution in [0.1, 0.15) is 37.3 Å². The largest absolute Gasteiger partial charge is 0.326 e. The van der Waals surface area contributed by atoms with Crippen LogP contribution in [0.5, 0.6) is 0 Å². The van der Waals surface area contributed by atoms with E-state index >= 15 is 0 Å². The smallest absolute Gasteiger partial charge is 0.230 e. The van der Waals surface area contributed by atoms with E-state index in [9.17, 15) is 4.79 Å². The van der Waals surface area contributed by atoms with Crippen molar-refractivity contribution in [1.82, 2.24) is 5.32 Å². The van der Waals surface area contributed by atoms with Gasteiger partial charge in [0.1, 0.15) is 0 Å². The quantitative estimate of drug-likeness (QED) is 0.880. The molecule has 1 saturated heterocycles. The predicted molar refractivity (Wildman–Crippen MR) is 87.1 cm³/mol. The lowest BCUT2D eigenvalue weighted by Crippen LogP contribution is -2.44. The van der Waals surface area contributed by atoms with Crippen molar-refractivity contribution in [1.29, 1.82) is 0 Å². The number of halogens is 1. The average Bonchev–Trinajstić information content (AvgIpc) is 2.45. The number of hydrogen-bond acceptors (Lipinski definition) is 2. The first-order chi connectivity index (χ1) is 9.48. The molecule has 0 radical (unpaired) electrons. The van der Waals surface area contributed by atoms with Gasteiger partial charge in [-0.15, -0.1) is 0 Å². The number of hydrogen-bond donors (Lipinski definition) is 2. The molecule has 1 amide bonds. The van der Waals surface area contributed by atoms with Gasteiger partial charge < -0.3 is 10.6 Å². The zero-order valence-electron chi connectivity index (χ0n) is 12.5. The number of rotatable bonds is 3. The number of benzene rings is 1. The molecule has 0 bridgehead atoms. The highest BCUT2D eigenvalue weighted by Gasteiger charge is 2.37. The Morgan fingerprint density at radius 1 is 1.30 bits per heavy atom. The summed E-state index contributed by atoms with van der Waals surface area (Å²) >= 11 is 3.56. The average molecular weight is 339 g/mol. The maximum atomic E-state index is 12.7. The van der Waals surface area contributed by atoms with Gasteiger partial charge in [0, 0.05) is 10.2 Å². The van der Waals surface area contributed by atoms with Gasteiger partial charge in [0.25, 0.3) is 0 Å². The van der Waals surface area contributed by atoms with Crippen molar-refractivity contribution in [2.45, 2.75) is 40.0 Å². The van der Waals surface area contributed by atoms with Gasteiger partial charge in [0.05, 0.1) is 5.41 Å². The number of nitrogens with one attached hydrogen (secondary N) is 2. The molecule has 110 valence electrons. The Morgan fingerprint density at radius 2 is 1.85 bits per heavy atom. The topological polar surface area (TPSA) is 41.1 Å². The summed E-state index contributed by atoms with van der Waals surface area (Å²) < 4.78 is 1.11. The van der Waals surface area contributed by atoms with E-state index in [4.69, 9.17) is 0 Å². The molecule has 4 heteroatoms. The summed E-state index contributed by atoms with van der Waals surface area (Å²) in [5, 5.41) is 6.46. The molecule has 2 rings (SSSR count). The molecule has 0 saturated carbocycles. The van der Waals surface area contributed by atoms with Gasteiger partial charge in [-0.2, -0.15) is 0 Å². The maximum Gasteiger partial charge on any atom is 0.230 e. The predicted octanol–water partition coefficient (Wildman–Crippen LogP) is 3.78. The Morgan fingerprint density at radius 3 is 2.35 bits per heavy atom.